The van der Waals surface area contributed by atoms with Gasteiger partial charge in [0.15, 0.2) is 0 Å². The standard InChI is InChI=1S/C22H24O.H2S/c1-2-3-18-23-22(16-8-5-9-17-22)21-14-12-20(13-15-21)19-10-6-4-7-11-19;/h4-16H,2-3,17-18H2,1H3;1H2. The highest BCUT2D eigenvalue weighted by Gasteiger charge is 2.30. The Morgan fingerprint density at radius 3 is 2.25 bits per heavy atom. The quantitative estimate of drug-likeness (QED) is 0.587. The van der Waals surface area contributed by atoms with Gasteiger partial charge in [-0.1, -0.05) is 86.2 Å². The first kappa shape index (κ1) is 18.6. The fourth-order valence-corrected chi connectivity index (χ4v) is 2.98. The van der Waals surface area contributed by atoms with Crippen LogP contribution >= 0.6 is 13.5 Å². The molecule has 0 saturated carbocycles. The third-order valence-corrected chi connectivity index (χ3v) is 4.37. The van der Waals surface area contributed by atoms with Crippen LogP contribution in [0.1, 0.15) is 31.7 Å². The summed E-state index contributed by atoms with van der Waals surface area (Å²) in [5.74, 6) is 0. The second-order valence-corrected chi connectivity index (χ2v) is 6.03. The summed E-state index contributed by atoms with van der Waals surface area (Å²) in [6.45, 7) is 3.00. The van der Waals surface area contributed by atoms with Crippen LogP contribution in [-0.2, 0) is 10.3 Å². The van der Waals surface area contributed by atoms with Crippen LogP contribution in [0.25, 0.3) is 11.1 Å². The second kappa shape index (κ2) is 8.91. The van der Waals surface area contributed by atoms with E-state index in [0.717, 1.165) is 25.9 Å². The lowest BCUT2D eigenvalue weighted by atomic mass is 9.86. The summed E-state index contributed by atoms with van der Waals surface area (Å²) in [6.07, 6.45) is 11.7. The average Bonchev–Trinajstić information content (AvgIpc) is 2.64. The maximum absolute atomic E-state index is 6.30. The monoisotopic (exact) mass is 338 g/mol. The second-order valence-electron chi connectivity index (χ2n) is 6.03. The molecule has 2 aromatic rings. The van der Waals surface area contributed by atoms with E-state index in [9.17, 15) is 0 Å². The third-order valence-electron chi connectivity index (χ3n) is 4.37. The molecule has 0 spiro atoms. The van der Waals surface area contributed by atoms with E-state index >= 15 is 0 Å². The fraction of sp³-hybridized carbons (Fsp3) is 0.273. The first-order valence-electron chi connectivity index (χ1n) is 8.48. The molecule has 0 radical (unpaired) electrons. The summed E-state index contributed by atoms with van der Waals surface area (Å²) >= 11 is 0. The van der Waals surface area contributed by atoms with Crippen LogP contribution < -0.4 is 0 Å². The Hall–Kier alpha value is -1.77. The maximum Gasteiger partial charge on any atom is 0.115 e. The fourth-order valence-electron chi connectivity index (χ4n) is 2.98. The highest BCUT2D eigenvalue weighted by Crippen LogP contribution is 2.35. The van der Waals surface area contributed by atoms with Gasteiger partial charge in [-0.25, -0.2) is 0 Å². The van der Waals surface area contributed by atoms with Crippen molar-refractivity contribution in [1.82, 2.24) is 0 Å². The van der Waals surface area contributed by atoms with Gasteiger partial charge >= 0.3 is 0 Å². The van der Waals surface area contributed by atoms with Crippen molar-refractivity contribution in [2.75, 3.05) is 6.61 Å². The Kier molecular flexibility index (Phi) is 6.89. The lowest BCUT2D eigenvalue weighted by Crippen LogP contribution is -2.28. The zero-order valence-electron chi connectivity index (χ0n) is 14.2. The number of hydrogen-bond donors (Lipinski definition) is 0. The molecule has 1 unspecified atom stereocenters. The van der Waals surface area contributed by atoms with E-state index < -0.39 is 0 Å². The molecule has 1 atom stereocenters. The van der Waals surface area contributed by atoms with Crippen LogP contribution in [0.2, 0.25) is 0 Å². The summed E-state index contributed by atoms with van der Waals surface area (Å²) < 4.78 is 6.30. The van der Waals surface area contributed by atoms with Gasteiger partial charge in [0.2, 0.25) is 0 Å². The molecule has 126 valence electrons. The molecule has 3 rings (SSSR count). The van der Waals surface area contributed by atoms with Crippen LogP contribution in [-0.4, -0.2) is 6.61 Å². The molecule has 0 saturated heterocycles. The van der Waals surface area contributed by atoms with Crippen molar-refractivity contribution in [1.29, 1.82) is 0 Å². The topological polar surface area (TPSA) is 9.23 Å². The van der Waals surface area contributed by atoms with Crippen molar-refractivity contribution in [3.05, 3.63) is 84.5 Å². The summed E-state index contributed by atoms with van der Waals surface area (Å²) in [5.41, 5.74) is 3.42. The largest absolute Gasteiger partial charge is 0.366 e. The summed E-state index contributed by atoms with van der Waals surface area (Å²) in [4.78, 5) is 0. The predicted octanol–water partition coefficient (Wildman–Crippen LogP) is 5.99. The van der Waals surface area contributed by atoms with E-state index in [4.69, 9.17) is 4.74 Å². The first-order chi connectivity index (χ1) is 11.3. The van der Waals surface area contributed by atoms with Crippen molar-refractivity contribution in [3.8, 4) is 11.1 Å². The molecule has 24 heavy (non-hydrogen) atoms. The SMILES string of the molecule is CCCCOC1(c2ccc(-c3ccccc3)cc2)C=CC=CC1.S. The number of allylic oxidation sites excluding steroid dienone is 2. The highest BCUT2D eigenvalue weighted by molar-refractivity contribution is 7.59. The predicted molar refractivity (Wildman–Crippen MR) is 108 cm³/mol. The molecular weight excluding hydrogens is 312 g/mol. The Labute approximate surface area is 152 Å². The van der Waals surface area contributed by atoms with Gasteiger partial charge in [0.1, 0.15) is 5.60 Å². The summed E-state index contributed by atoms with van der Waals surface area (Å²) in [7, 11) is 0. The van der Waals surface area contributed by atoms with Gasteiger partial charge in [-0.15, -0.1) is 0 Å². The molecule has 2 aromatic carbocycles. The number of ether oxygens (including phenoxy) is 1. The van der Waals surface area contributed by atoms with Gasteiger partial charge in [-0.3, -0.25) is 0 Å². The zero-order chi connectivity index (χ0) is 16.0. The van der Waals surface area contributed by atoms with Crippen LogP contribution in [0, 0.1) is 0 Å². The molecule has 0 heterocycles. The van der Waals surface area contributed by atoms with E-state index in [2.05, 4.69) is 79.8 Å². The highest BCUT2D eigenvalue weighted by atomic mass is 32.1. The number of hydrogen-bond acceptors (Lipinski definition) is 1. The summed E-state index contributed by atoms with van der Waals surface area (Å²) in [5, 5.41) is 0. The minimum absolute atomic E-state index is 0. The Morgan fingerprint density at radius 2 is 1.62 bits per heavy atom. The van der Waals surface area contributed by atoms with E-state index in [1.165, 1.54) is 16.7 Å². The van der Waals surface area contributed by atoms with E-state index in [0.29, 0.717) is 0 Å². The first-order valence-corrected chi connectivity index (χ1v) is 8.48. The van der Waals surface area contributed by atoms with Crippen molar-refractivity contribution < 1.29 is 4.74 Å². The molecule has 0 amide bonds. The normalized spacial score (nSPS) is 19.0. The van der Waals surface area contributed by atoms with Gasteiger partial charge in [0.25, 0.3) is 0 Å². The molecule has 1 aliphatic carbocycles. The van der Waals surface area contributed by atoms with Gasteiger partial charge < -0.3 is 4.74 Å². The van der Waals surface area contributed by atoms with E-state index in [1.807, 2.05) is 6.07 Å². The Balaban J connectivity index is 0.00000208. The smallest absolute Gasteiger partial charge is 0.115 e. The summed E-state index contributed by atoms with van der Waals surface area (Å²) in [6, 6.07) is 19.3. The number of rotatable bonds is 6. The minimum Gasteiger partial charge on any atom is -0.366 e. The minimum atomic E-state index is -0.306. The number of unbranched alkanes of at least 4 members (excludes halogenated alkanes) is 1. The Bertz CT molecular complexity index is 673. The van der Waals surface area contributed by atoms with E-state index in [1.54, 1.807) is 0 Å². The van der Waals surface area contributed by atoms with Crippen molar-refractivity contribution >= 4 is 13.5 Å². The van der Waals surface area contributed by atoms with Gasteiger partial charge in [0.05, 0.1) is 0 Å². The maximum atomic E-state index is 6.30. The van der Waals surface area contributed by atoms with Gasteiger partial charge in [-0.05, 0) is 29.2 Å². The lowest BCUT2D eigenvalue weighted by molar-refractivity contribution is -0.0125. The van der Waals surface area contributed by atoms with E-state index in [-0.39, 0.29) is 19.1 Å². The average molecular weight is 339 g/mol. The van der Waals surface area contributed by atoms with Gasteiger partial charge in [-0.2, -0.15) is 13.5 Å². The molecule has 1 nitrogen and oxygen atoms in total. The third kappa shape index (κ3) is 4.19. The van der Waals surface area contributed by atoms with Gasteiger partial charge in [0, 0.05) is 13.0 Å². The van der Waals surface area contributed by atoms with Crippen molar-refractivity contribution in [3.63, 3.8) is 0 Å². The molecule has 0 aromatic heterocycles. The molecule has 0 fully saturated rings. The molecule has 0 aliphatic heterocycles. The number of benzene rings is 2. The molecule has 0 N–H and O–H groups in total. The Morgan fingerprint density at radius 1 is 0.917 bits per heavy atom. The molecule has 2 heteroatoms. The zero-order valence-corrected chi connectivity index (χ0v) is 15.2. The molecule has 1 aliphatic rings. The van der Waals surface area contributed by atoms with Crippen LogP contribution in [0.4, 0.5) is 0 Å². The van der Waals surface area contributed by atoms with Crippen LogP contribution in [0.15, 0.2) is 78.9 Å². The van der Waals surface area contributed by atoms with Crippen molar-refractivity contribution in [2.24, 2.45) is 0 Å². The molecule has 0 bridgehead atoms. The molecular formula is C22H26OS. The van der Waals surface area contributed by atoms with Crippen LogP contribution in [0.3, 0.4) is 0 Å². The lowest BCUT2D eigenvalue weighted by Gasteiger charge is -2.32. The van der Waals surface area contributed by atoms with Crippen LogP contribution in [0.5, 0.6) is 0 Å². The van der Waals surface area contributed by atoms with Crippen molar-refractivity contribution in [2.45, 2.75) is 31.8 Å².